The number of rotatable bonds is 21. The number of benzene rings is 2. The van der Waals surface area contributed by atoms with Gasteiger partial charge >= 0.3 is 5.51 Å². The van der Waals surface area contributed by atoms with Crippen molar-refractivity contribution in [3.05, 3.63) is 60.2 Å². The monoisotopic (exact) mass is 632 g/mol. The lowest BCUT2D eigenvalue weighted by Crippen LogP contribution is -2.21. The predicted molar refractivity (Wildman–Crippen MR) is 169 cm³/mol. The second-order valence-electron chi connectivity index (χ2n) is 10.8. The maximum absolute atomic E-state index is 10.7. The van der Waals surface area contributed by atoms with Crippen molar-refractivity contribution in [1.29, 1.82) is 0 Å². The molecule has 0 fully saturated rings. The van der Waals surface area contributed by atoms with E-state index in [2.05, 4.69) is 67.8 Å². The summed E-state index contributed by atoms with van der Waals surface area (Å²) in [6.07, 6.45) is 24.8. The summed E-state index contributed by atoms with van der Waals surface area (Å²) in [4.78, 5) is 1.42. The fourth-order valence-electron chi connectivity index (χ4n) is 4.52. The van der Waals surface area contributed by atoms with Gasteiger partial charge in [0, 0.05) is 16.5 Å². The third-order valence-corrected chi connectivity index (χ3v) is 9.41. The van der Waals surface area contributed by atoms with Gasteiger partial charge in [0.15, 0.2) is 15.0 Å². The minimum atomic E-state index is -6.09. The van der Waals surface area contributed by atoms with Crippen molar-refractivity contribution in [2.45, 2.75) is 126 Å². The second kappa shape index (κ2) is 22.8. The van der Waals surface area contributed by atoms with E-state index in [-0.39, 0.29) is 10.9 Å². The first-order chi connectivity index (χ1) is 20.0. The average molecular weight is 633 g/mol. The lowest BCUT2D eigenvalue weighted by molar-refractivity contribution is -0.0517. The molecule has 9 heteroatoms. The van der Waals surface area contributed by atoms with Crippen molar-refractivity contribution >= 4 is 21.0 Å². The molecule has 0 aliphatic carbocycles. The fraction of sp³-hybridized carbons (Fsp3) is 0.636. The molecule has 0 aromatic heterocycles. The zero-order chi connectivity index (χ0) is 31.1. The Labute approximate surface area is 255 Å². The second-order valence-corrected chi connectivity index (χ2v) is 14.2. The summed E-state index contributed by atoms with van der Waals surface area (Å²) in [5, 5.41) is 0. The number of hydrogen-bond donors (Lipinski definition) is 0. The van der Waals surface area contributed by atoms with Crippen molar-refractivity contribution in [3.8, 4) is 5.75 Å². The van der Waals surface area contributed by atoms with Crippen LogP contribution in [0, 0.1) is 0 Å². The lowest BCUT2D eigenvalue weighted by atomic mass is 10.0. The SMILES string of the molecule is CCCCCCCCCCCCCCCCCCOc1ccc([S+](C)Cc2ccccc2)cc1.O=S(=O)([O-])C(F)(F)F. The number of unbranched alkanes of at least 4 members (excludes halogenated alkanes) is 15. The highest BCUT2D eigenvalue weighted by Gasteiger charge is 2.36. The molecule has 0 bridgehead atoms. The Balaban J connectivity index is 0.000000962. The molecule has 0 saturated carbocycles. The molecule has 0 spiro atoms. The topological polar surface area (TPSA) is 66.4 Å². The van der Waals surface area contributed by atoms with Gasteiger partial charge in [-0.15, -0.1) is 0 Å². The standard InChI is InChI=1S/C32H51OS.CHF3O3S/c1-3-4-5-6-7-8-9-10-11-12-13-14-15-16-17-21-28-33-31-24-26-32(27-25-31)34(2)29-30-22-19-18-20-23-30;2-1(3,4)8(5,6)7/h18-20,22-27H,3-17,21,28-29H2,1-2H3;(H,5,6,7)/q+1;/p-1. The van der Waals surface area contributed by atoms with Crippen molar-refractivity contribution in [2.75, 3.05) is 12.9 Å². The molecule has 0 amide bonds. The van der Waals surface area contributed by atoms with Gasteiger partial charge in [0.05, 0.1) is 6.61 Å². The van der Waals surface area contributed by atoms with Gasteiger partial charge < -0.3 is 9.29 Å². The van der Waals surface area contributed by atoms with Gasteiger partial charge in [-0.3, -0.25) is 0 Å². The van der Waals surface area contributed by atoms with E-state index in [1.165, 1.54) is 113 Å². The highest BCUT2D eigenvalue weighted by molar-refractivity contribution is 7.95. The maximum Gasteiger partial charge on any atom is 0.485 e. The van der Waals surface area contributed by atoms with Gasteiger partial charge in [-0.2, -0.15) is 13.2 Å². The molecule has 0 aliphatic rings. The Morgan fingerprint density at radius 2 is 1.10 bits per heavy atom. The summed E-state index contributed by atoms with van der Waals surface area (Å²) >= 11 is 0. The highest BCUT2D eigenvalue weighted by Crippen LogP contribution is 2.22. The van der Waals surface area contributed by atoms with Gasteiger partial charge in [-0.25, -0.2) is 8.42 Å². The van der Waals surface area contributed by atoms with Crippen molar-refractivity contribution in [1.82, 2.24) is 0 Å². The number of ether oxygens (including phenoxy) is 1. The molecular formula is C33H51F3O4S2. The van der Waals surface area contributed by atoms with E-state index in [1.807, 2.05) is 0 Å². The van der Waals surface area contributed by atoms with Crippen LogP contribution in [0.1, 0.15) is 115 Å². The molecular weight excluding hydrogens is 581 g/mol. The van der Waals surface area contributed by atoms with E-state index in [4.69, 9.17) is 17.7 Å². The summed E-state index contributed by atoms with van der Waals surface area (Å²) in [5.74, 6) is 2.13. The predicted octanol–water partition coefficient (Wildman–Crippen LogP) is 10.2. The van der Waals surface area contributed by atoms with Crippen LogP contribution < -0.4 is 4.74 Å². The van der Waals surface area contributed by atoms with Gasteiger partial charge in [0.1, 0.15) is 17.8 Å². The van der Waals surface area contributed by atoms with E-state index >= 15 is 0 Å². The summed E-state index contributed by atoms with van der Waals surface area (Å²) in [6, 6.07) is 19.6. The minimum absolute atomic E-state index is 0.233. The Morgan fingerprint density at radius 3 is 1.50 bits per heavy atom. The normalized spacial score (nSPS) is 12.4. The molecule has 4 nitrogen and oxygen atoms in total. The highest BCUT2D eigenvalue weighted by atomic mass is 32.2. The lowest BCUT2D eigenvalue weighted by Gasteiger charge is -2.08. The molecule has 1 unspecified atom stereocenters. The molecule has 0 saturated heterocycles. The van der Waals surface area contributed by atoms with E-state index in [1.54, 1.807) is 0 Å². The molecule has 0 N–H and O–H groups in total. The van der Waals surface area contributed by atoms with Crippen LogP contribution in [0.4, 0.5) is 13.2 Å². The van der Waals surface area contributed by atoms with Crippen LogP contribution in [-0.4, -0.2) is 31.3 Å². The van der Waals surface area contributed by atoms with E-state index in [0.29, 0.717) is 0 Å². The molecule has 1 atom stereocenters. The zero-order valence-electron chi connectivity index (χ0n) is 25.5. The van der Waals surface area contributed by atoms with Crippen molar-refractivity contribution in [3.63, 3.8) is 0 Å². The first-order valence-corrected chi connectivity index (χ1v) is 18.7. The summed E-state index contributed by atoms with van der Waals surface area (Å²) < 4.78 is 64.9. The molecule has 2 aromatic carbocycles. The smallest absolute Gasteiger partial charge is 0.485 e. The Morgan fingerprint density at radius 1 is 0.690 bits per heavy atom. The van der Waals surface area contributed by atoms with Gasteiger partial charge in [-0.05, 0) is 30.7 Å². The van der Waals surface area contributed by atoms with Gasteiger partial charge in [0.2, 0.25) is 0 Å². The number of hydrogen-bond acceptors (Lipinski definition) is 4. The first kappa shape index (κ1) is 38.3. The van der Waals surface area contributed by atoms with Gasteiger partial charge in [0.25, 0.3) is 0 Å². The first-order valence-electron chi connectivity index (χ1n) is 15.5. The van der Waals surface area contributed by atoms with Crippen LogP contribution in [0.5, 0.6) is 5.75 Å². The quantitative estimate of drug-likeness (QED) is 0.0594. The molecule has 2 aromatic rings. The van der Waals surface area contributed by atoms with Crippen LogP contribution in [0.15, 0.2) is 59.5 Å². The molecule has 2 rings (SSSR count). The summed E-state index contributed by atoms with van der Waals surface area (Å²) in [5.41, 5.74) is -4.23. The molecule has 240 valence electrons. The van der Waals surface area contributed by atoms with E-state index < -0.39 is 15.6 Å². The number of alkyl halides is 3. The summed E-state index contributed by atoms with van der Waals surface area (Å²) in [6.45, 7) is 3.14. The van der Waals surface area contributed by atoms with Crippen LogP contribution >= 0.6 is 0 Å². The minimum Gasteiger partial charge on any atom is -0.741 e. The van der Waals surface area contributed by atoms with Crippen LogP contribution in [0.3, 0.4) is 0 Å². The Bertz CT molecular complexity index is 1010. The zero-order valence-corrected chi connectivity index (χ0v) is 27.1. The Kier molecular flexibility index (Phi) is 20.8. The van der Waals surface area contributed by atoms with E-state index in [9.17, 15) is 13.2 Å². The van der Waals surface area contributed by atoms with Crippen molar-refractivity contribution < 1.29 is 30.9 Å². The molecule has 0 heterocycles. The average Bonchev–Trinajstić information content (AvgIpc) is 2.95. The van der Waals surface area contributed by atoms with Crippen molar-refractivity contribution in [2.24, 2.45) is 0 Å². The third kappa shape index (κ3) is 19.5. The molecule has 42 heavy (non-hydrogen) atoms. The number of halogens is 3. The molecule has 0 aliphatic heterocycles. The van der Waals surface area contributed by atoms with Crippen LogP contribution in [0.25, 0.3) is 0 Å². The van der Waals surface area contributed by atoms with Gasteiger partial charge in [-0.1, -0.05) is 134 Å². The van der Waals surface area contributed by atoms with E-state index in [0.717, 1.165) is 18.1 Å². The largest absolute Gasteiger partial charge is 0.741 e. The Hall–Kier alpha value is -1.71. The third-order valence-electron chi connectivity index (χ3n) is 7.00. The molecule has 0 radical (unpaired) electrons. The maximum atomic E-state index is 10.7. The fourth-order valence-corrected chi connectivity index (χ4v) is 5.98. The van der Waals surface area contributed by atoms with Crippen LogP contribution in [-0.2, 0) is 26.8 Å². The summed E-state index contributed by atoms with van der Waals surface area (Å²) in [7, 11) is -5.86. The van der Waals surface area contributed by atoms with Crippen LogP contribution in [0.2, 0.25) is 0 Å².